The van der Waals surface area contributed by atoms with Crippen LogP contribution in [-0.2, 0) is 6.54 Å². The van der Waals surface area contributed by atoms with Crippen LogP contribution in [0.4, 0.5) is 4.39 Å². The van der Waals surface area contributed by atoms with Crippen LogP contribution < -0.4 is 5.73 Å². The van der Waals surface area contributed by atoms with Gasteiger partial charge in [-0.25, -0.2) is 4.39 Å². The lowest BCUT2D eigenvalue weighted by Gasteiger charge is -2.07. The molecule has 0 aliphatic rings. The van der Waals surface area contributed by atoms with Crippen LogP contribution in [0.1, 0.15) is 25.8 Å². The molecule has 2 nitrogen and oxygen atoms in total. The highest BCUT2D eigenvalue weighted by molar-refractivity contribution is 6.00. The molecular weight excluding hydrogens is 227 g/mol. The Balaban J connectivity index is 2.94. The van der Waals surface area contributed by atoms with E-state index in [-0.39, 0.29) is 5.82 Å². The topological polar surface area (TPSA) is 38.4 Å². The van der Waals surface area contributed by atoms with Crippen LogP contribution in [-0.4, -0.2) is 5.71 Å². The van der Waals surface area contributed by atoms with E-state index < -0.39 is 0 Å². The van der Waals surface area contributed by atoms with E-state index in [9.17, 15) is 4.39 Å². The Morgan fingerprint density at radius 2 is 2.11 bits per heavy atom. The molecule has 0 aromatic heterocycles. The second kappa shape index (κ2) is 6.74. The van der Waals surface area contributed by atoms with Gasteiger partial charge in [0, 0.05) is 17.0 Å². The Morgan fingerprint density at radius 3 is 2.67 bits per heavy atom. The Labute approximate surface area is 108 Å². The minimum absolute atomic E-state index is 0.227. The van der Waals surface area contributed by atoms with Crippen molar-refractivity contribution in [3.05, 3.63) is 59.6 Å². The van der Waals surface area contributed by atoms with Gasteiger partial charge in [0.15, 0.2) is 0 Å². The maximum atomic E-state index is 13.4. The summed E-state index contributed by atoms with van der Waals surface area (Å²) in [5.41, 5.74) is 8.80. The predicted octanol–water partition coefficient (Wildman–Crippen LogP) is 3.60. The standard InChI is InChI=1S/C15H19FN2/c1-4-14(17)11(3)15(5-2)18-10-12-8-6-7-9-13(12)16/h4,6-9H,1,5,10,17H2,2-3H3. The lowest BCUT2D eigenvalue weighted by molar-refractivity contribution is 0.611. The average Bonchev–Trinajstić information content (AvgIpc) is 2.40. The quantitative estimate of drug-likeness (QED) is 0.625. The molecule has 0 spiro atoms. The number of aliphatic imine (C=N–C) groups is 1. The molecule has 0 aliphatic heterocycles. The average molecular weight is 246 g/mol. The molecule has 0 fully saturated rings. The fourth-order valence-corrected chi connectivity index (χ4v) is 1.62. The Kier molecular flexibility index (Phi) is 5.31. The van der Waals surface area contributed by atoms with Gasteiger partial charge in [-0.1, -0.05) is 31.7 Å². The van der Waals surface area contributed by atoms with Crippen LogP contribution >= 0.6 is 0 Å². The van der Waals surface area contributed by atoms with Gasteiger partial charge in [-0.3, -0.25) is 4.99 Å². The van der Waals surface area contributed by atoms with Crippen molar-refractivity contribution in [1.82, 2.24) is 0 Å². The summed E-state index contributed by atoms with van der Waals surface area (Å²) in [6.07, 6.45) is 2.36. The highest BCUT2D eigenvalue weighted by Gasteiger charge is 2.04. The fourth-order valence-electron chi connectivity index (χ4n) is 1.62. The number of halogens is 1. The normalized spacial score (nSPS) is 13.2. The summed E-state index contributed by atoms with van der Waals surface area (Å²) in [6.45, 7) is 7.87. The first-order valence-corrected chi connectivity index (χ1v) is 5.96. The zero-order chi connectivity index (χ0) is 13.5. The van der Waals surface area contributed by atoms with Crippen molar-refractivity contribution in [3.8, 4) is 0 Å². The first-order valence-electron chi connectivity index (χ1n) is 5.96. The van der Waals surface area contributed by atoms with Gasteiger partial charge in [-0.05, 0) is 31.1 Å². The van der Waals surface area contributed by atoms with E-state index in [0.717, 1.165) is 17.7 Å². The van der Waals surface area contributed by atoms with Crippen LogP contribution in [0.2, 0.25) is 0 Å². The van der Waals surface area contributed by atoms with Crippen LogP contribution in [0.15, 0.2) is 53.2 Å². The minimum atomic E-state index is -0.227. The molecule has 1 aromatic carbocycles. The molecule has 0 atom stereocenters. The van der Waals surface area contributed by atoms with Crippen LogP contribution in [0.3, 0.4) is 0 Å². The van der Waals surface area contributed by atoms with Gasteiger partial charge in [0.25, 0.3) is 0 Å². The van der Waals surface area contributed by atoms with Gasteiger partial charge in [-0.2, -0.15) is 0 Å². The number of allylic oxidation sites excluding steroid dienone is 2. The van der Waals surface area contributed by atoms with Gasteiger partial charge in [0.1, 0.15) is 5.82 Å². The van der Waals surface area contributed by atoms with Crippen molar-refractivity contribution in [2.75, 3.05) is 0 Å². The Morgan fingerprint density at radius 1 is 1.44 bits per heavy atom. The fraction of sp³-hybridized carbons (Fsp3) is 0.267. The van der Waals surface area contributed by atoms with E-state index in [0.29, 0.717) is 17.8 Å². The molecule has 0 heterocycles. The third-order valence-corrected chi connectivity index (χ3v) is 2.82. The summed E-state index contributed by atoms with van der Waals surface area (Å²) in [5.74, 6) is -0.227. The summed E-state index contributed by atoms with van der Waals surface area (Å²) >= 11 is 0. The third kappa shape index (κ3) is 3.55. The van der Waals surface area contributed by atoms with Crippen molar-refractivity contribution in [1.29, 1.82) is 0 Å². The van der Waals surface area contributed by atoms with Crippen molar-refractivity contribution in [2.45, 2.75) is 26.8 Å². The SMILES string of the molecule is C=CC(N)=C(C)C(CC)=NCc1ccccc1F. The lowest BCUT2D eigenvalue weighted by Crippen LogP contribution is -2.07. The summed E-state index contributed by atoms with van der Waals surface area (Å²) in [7, 11) is 0. The zero-order valence-corrected chi connectivity index (χ0v) is 10.9. The monoisotopic (exact) mass is 246 g/mol. The van der Waals surface area contributed by atoms with Gasteiger partial charge in [0.05, 0.1) is 6.54 Å². The van der Waals surface area contributed by atoms with E-state index in [1.807, 2.05) is 13.8 Å². The minimum Gasteiger partial charge on any atom is -0.398 e. The van der Waals surface area contributed by atoms with E-state index in [1.165, 1.54) is 6.07 Å². The second-order valence-corrected chi connectivity index (χ2v) is 3.99. The van der Waals surface area contributed by atoms with Crippen molar-refractivity contribution in [2.24, 2.45) is 10.7 Å². The van der Waals surface area contributed by atoms with Crippen LogP contribution in [0, 0.1) is 5.82 Å². The van der Waals surface area contributed by atoms with Crippen LogP contribution in [0.25, 0.3) is 0 Å². The Hall–Kier alpha value is -1.90. The number of nitrogens with zero attached hydrogens (tertiary/aromatic N) is 1. The first kappa shape index (κ1) is 14.2. The number of nitrogens with two attached hydrogens (primary N) is 1. The molecule has 1 rings (SSSR count). The van der Waals surface area contributed by atoms with Crippen molar-refractivity contribution in [3.63, 3.8) is 0 Å². The van der Waals surface area contributed by atoms with Gasteiger partial charge in [0.2, 0.25) is 0 Å². The summed E-state index contributed by atoms with van der Waals surface area (Å²) in [4.78, 5) is 4.43. The largest absolute Gasteiger partial charge is 0.398 e. The van der Waals surface area contributed by atoms with Gasteiger partial charge >= 0.3 is 0 Å². The molecule has 18 heavy (non-hydrogen) atoms. The van der Waals surface area contributed by atoms with E-state index >= 15 is 0 Å². The van der Waals surface area contributed by atoms with E-state index in [2.05, 4.69) is 11.6 Å². The van der Waals surface area contributed by atoms with E-state index in [4.69, 9.17) is 5.73 Å². The summed E-state index contributed by atoms with van der Waals surface area (Å²) in [5, 5.41) is 0. The molecule has 0 unspecified atom stereocenters. The first-order chi connectivity index (χ1) is 8.60. The molecule has 3 heteroatoms. The third-order valence-electron chi connectivity index (χ3n) is 2.82. The maximum absolute atomic E-state index is 13.4. The van der Waals surface area contributed by atoms with Crippen LogP contribution in [0.5, 0.6) is 0 Å². The number of benzene rings is 1. The number of hydrogen-bond donors (Lipinski definition) is 1. The molecule has 0 radical (unpaired) electrons. The highest BCUT2D eigenvalue weighted by Crippen LogP contribution is 2.11. The molecule has 0 saturated carbocycles. The number of rotatable bonds is 5. The highest BCUT2D eigenvalue weighted by atomic mass is 19.1. The summed E-state index contributed by atoms with van der Waals surface area (Å²) < 4.78 is 13.4. The summed E-state index contributed by atoms with van der Waals surface area (Å²) in [6, 6.07) is 6.66. The molecule has 0 bridgehead atoms. The second-order valence-electron chi connectivity index (χ2n) is 3.99. The molecule has 0 amide bonds. The van der Waals surface area contributed by atoms with Crippen molar-refractivity contribution >= 4 is 5.71 Å². The van der Waals surface area contributed by atoms with Crippen molar-refractivity contribution < 1.29 is 4.39 Å². The van der Waals surface area contributed by atoms with E-state index in [1.54, 1.807) is 24.3 Å². The molecular formula is C15H19FN2. The molecule has 2 N–H and O–H groups in total. The number of hydrogen-bond acceptors (Lipinski definition) is 2. The molecule has 0 aliphatic carbocycles. The Bertz CT molecular complexity index is 487. The smallest absolute Gasteiger partial charge is 0.128 e. The molecule has 0 saturated heterocycles. The van der Waals surface area contributed by atoms with Gasteiger partial charge < -0.3 is 5.73 Å². The zero-order valence-electron chi connectivity index (χ0n) is 10.9. The molecule has 96 valence electrons. The lowest BCUT2D eigenvalue weighted by atomic mass is 10.1. The maximum Gasteiger partial charge on any atom is 0.128 e. The predicted molar refractivity (Wildman–Crippen MR) is 74.9 cm³/mol. The van der Waals surface area contributed by atoms with Gasteiger partial charge in [-0.15, -0.1) is 0 Å². The molecule has 1 aromatic rings.